The van der Waals surface area contributed by atoms with Gasteiger partial charge in [0.05, 0.1) is 0 Å². The first-order chi connectivity index (χ1) is 4.31. The van der Waals surface area contributed by atoms with Crippen molar-refractivity contribution >= 4 is 5.97 Å². The van der Waals surface area contributed by atoms with Crippen molar-refractivity contribution in [1.82, 2.24) is 0 Å². The predicted molar refractivity (Wildman–Crippen MR) is 31.5 cm³/mol. The maximum absolute atomic E-state index is 10.1. The van der Waals surface area contributed by atoms with Crippen LogP contribution >= 0.6 is 0 Å². The van der Waals surface area contributed by atoms with Crippen LogP contribution in [0.3, 0.4) is 0 Å². The summed E-state index contributed by atoms with van der Waals surface area (Å²) in [6, 6.07) is 0. The number of aliphatic hydroxyl groups is 1. The van der Waals surface area contributed by atoms with E-state index in [0.29, 0.717) is 0 Å². The van der Waals surface area contributed by atoms with Crippen LogP contribution in [0.4, 0.5) is 0 Å². The van der Waals surface area contributed by atoms with E-state index in [1.54, 1.807) is 6.92 Å². The summed E-state index contributed by atoms with van der Waals surface area (Å²) in [7, 11) is 0. The van der Waals surface area contributed by atoms with Crippen LogP contribution in [0.2, 0.25) is 0 Å². The van der Waals surface area contributed by atoms with Crippen LogP contribution in [0.25, 0.3) is 0 Å². The van der Waals surface area contributed by atoms with E-state index < -0.39 is 12.6 Å². The molecule has 0 unspecified atom stereocenters. The minimum absolute atomic E-state index is 0.0654. The molecule has 0 aromatic carbocycles. The van der Waals surface area contributed by atoms with E-state index in [1.165, 1.54) is 0 Å². The molecule has 0 saturated heterocycles. The van der Waals surface area contributed by atoms with Crippen LogP contribution < -0.4 is 0 Å². The Balaban J connectivity index is 3.24. The largest absolute Gasteiger partial charge is 0.451 e. The molecule has 3 nitrogen and oxygen atoms in total. The van der Waals surface area contributed by atoms with Gasteiger partial charge in [-0.3, -0.25) is 0 Å². The summed E-state index contributed by atoms with van der Waals surface area (Å²) in [5, 5.41) is 8.11. The SMILES string of the molecule is CC#CCOC(=O)CO. The molecule has 0 fully saturated rings. The summed E-state index contributed by atoms with van der Waals surface area (Å²) in [5.74, 6) is 4.41. The molecule has 0 heterocycles. The summed E-state index contributed by atoms with van der Waals surface area (Å²) < 4.78 is 4.37. The van der Waals surface area contributed by atoms with Gasteiger partial charge in [0.1, 0.15) is 6.61 Å². The highest BCUT2D eigenvalue weighted by molar-refractivity contribution is 5.70. The van der Waals surface area contributed by atoms with Gasteiger partial charge in [-0.1, -0.05) is 5.92 Å². The number of carbonyl (C=O) groups is 1. The maximum Gasteiger partial charge on any atom is 0.332 e. The van der Waals surface area contributed by atoms with Crippen LogP contribution in [0.15, 0.2) is 0 Å². The molecule has 0 aliphatic heterocycles. The molecule has 0 saturated carbocycles. The van der Waals surface area contributed by atoms with Gasteiger partial charge >= 0.3 is 5.97 Å². The molecule has 0 aliphatic rings. The zero-order chi connectivity index (χ0) is 7.11. The molecular formula is C6H8O3. The third-order valence-electron chi connectivity index (χ3n) is 0.611. The molecule has 0 atom stereocenters. The Morgan fingerprint density at radius 3 is 2.89 bits per heavy atom. The van der Waals surface area contributed by atoms with Gasteiger partial charge in [-0.25, -0.2) is 4.79 Å². The smallest absolute Gasteiger partial charge is 0.332 e. The molecule has 0 rings (SSSR count). The average molecular weight is 128 g/mol. The third kappa shape index (κ3) is 4.85. The molecule has 0 amide bonds. The lowest BCUT2D eigenvalue weighted by Crippen LogP contribution is -2.08. The van der Waals surface area contributed by atoms with Crippen molar-refractivity contribution in [2.75, 3.05) is 13.2 Å². The molecular weight excluding hydrogens is 120 g/mol. The molecule has 50 valence electrons. The van der Waals surface area contributed by atoms with Crippen LogP contribution in [-0.2, 0) is 9.53 Å². The second kappa shape index (κ2) is 5.13. The number of esters is 1. The Hall–Kier alpha value is -1.01. The summed E-state index contributed by atoms with van der Waals surface area (Å²) in [5.41, 5.74) is 0. The second-order valence-corrected chi connectivity index (χ2v) is 1.25. The van der Waals surface area contributed by atoms with Crippen molar-refractivity contribution in [1.29, 1.82) is 0 Å². The monoisotopic (exact) mass is 128 g/mol. The third-order valence-corrected chi connectivity index (χ3v) is 0.611. The first-order valence-corrected chi connectivity index (χ1v) is 2.47. The fraction of sp³-hybridized carbons (Fsp3) is 0.500. The highest BCUT2D eigenvalue weighted by Crippen LogP contribution is 1.73. The normalized spacial score (nSPS) is 7.33. The van der Waals surface area contributed by atoms with Gasteiger partial charge < -0.3 is 9.84 Å². The predicted octanol–water partition coefficient (Wildman–Crippen LogP) is -0.455. The van der Waals surface area contributed by atoms with Crippen LogP contribution in [0.1, 0.15) is 6.92 Å². The summed E-state index contributed by atoms with van der Waals surface area (Å²) in [6.45, 7) is 1.13. The fourth-order valence-electron chi connectivity index (χ4n) is 0.234. The van der Waals surface area contributed by atoms with E-state index >= 15 is 0 Å². The van der Waals surface area contributed by atoms with E-state index in [-0.39, 0.29) is 6.61 Å². The molecule has 0 aromatic heterocycles. The Morgan fingerprint density at radius 1 is 1.78 bits per heavy atom. The van der Waals surface area contributed by atoms with Gasteiger partial charge in [-0.15, -0.1) is 5.92 Å². The summed E-state index contributed by atoms with van der Waals surface area (Å²) in [6.07, 6.45) is 0. The van der Waals surface area contributed by atoms with E-state index in [1.807, 2.05) is 0 Å². The van der Waals surface area contributed by atoms with Crippen LogP contribution in [-0.4, -0.2) is 24.3 Å². The van der Waals surface area contributed by atoms with E-state index in [2.05, 4.69) is 16.6 Å². The first-order valence-electron chi connectivity index (χ1n) is 2.47. The van der Waals surface area contributed by atoms with Crippen molar-refractivity contribution < 1.29 is 14.6 Å². The first kappa shape index (κ1) is 7.99. The van der Waals surface area contributed by atoms with Crippen molar-refractivity contribution in [2.24, 2.45) is 0 Å². The maximum atomic E-state index is 10.1. The van der Waals surface area contributed by atoms with Crippen molar-refractivity contribution in [3.05, 3.63) is 0 Å². The molecule has 0 radical (unpaired) electrons. The standard InChI is InChI=1S/C6H8O3/c1-2-3-4-9-6(8)5-7/h7H,4-5H2,1H3. The van der Waals surface area contributed by atoms with E-state index in [4.69, 9.17) is 5.11 Å². The molecule has 0 aliphatic carbocycles. The minimum atomic E-state index is -0.641. The highest BCUT2D eigenvalue weighted by Gasteiger charge is 1.94. The van der Waals surface area contributed by atoms with Gasteiger partial charge in [0.15, 0.2) is 6.61 Å². The quantitative estimate of drug-likeness (QED) is 0.404. The Morgan fingerprint density at radius 2 is 2.44 bits per heavy atom. The number of rotatable bonds is 2. The van der Waals surface area contributed by atoms with Gasteiger partial charge in [-0.05, 0) is 6.92 Å². The highest BCUT2D eigenvalue weighted by atomic mass is 16.5. The van der Waals surface area contributed by atoms with E-state index in [0.717, 1.165) is 0 Å². The molecule has 0 aromatic rings. The lowest BCUT2D eigenvalue weighted by molar-refractivity contribution is -0.145. The van der Waals surface area contributed by atoms with Crippen LogP contribution in [0, 0.1) is 11.8 Å². The Bertz CT molecular complexity index is 140. The summed E-state index contributed by atoms with van der Waals surface area (Å²) >= 11 is 0. The van der Waals surface area contributed by atoms with Gasteiger partial charge in [0.25, 0.3) is 0 Å². The number of ether oxygens (including phenoxy) is 1. The zero-order valence-corrected chi connectivity index (χ0v) is 5.18. The number of hydrogen-bond donors (Lipinski definition) is 1. The van der Waals surface area contributed by atoms with Crippen molar-refractivity contribution in [3.8, 4) is 11.8 Å². The number of aliphatic hydroxyl groups excluding tert-OH is 1. The van der Waals surface area contributed by atoms with Crippen molar-refractivity contribution in [3.63, 3.8) is 0 Å². The lowest BCUT2D eigenvalue weighted by atomic mass is 10.6. The Labute approximate surface area is 53.6 Å². The van der Waals surface area contributed by atoms with Gasteiger partial charge in [0, 0.05) is 0 Å². The van der Waals surface area contributed by atoms with Crippen LogP contribution in [0.5, 0.6) is 0 Å². The molecule has 0 spiro atoms. The zero-order valence-electron chi connectivity index (χ0n) is 5.18. The van der Waals surface area contributed by atoms with E-state index in [9.17, 15) is 4.79 Å². The summed E-state index contributed by atoms with van der Waals surface area (Å²) in [4.78, 5) is 10.1. The van der Waals surface area contributed by atoms with Gasteiger partial charge in [-0.2, -0.15) is 0 Å². The number of carbonyl (C=O) groups excluding carboxylic acids is 1. The van der Waals surface area contributed by atoms with Gasteiger partial charge in [0.2, 0.25) is 0 Å². The molecule has 3 heteroatoms. The van der Waals surface area contributed by atoms with Crippen molar-refractivity contribution in [2.45, 2.75) is 6.92 Å². The molecule has 1 N–H and O–H groups in total. The topological polar surface area (TPSA) is 46.5 Å². The minimum Gasteiger partial charge on any atom is -0.451 e. The second-order valence-electron chi connectivity index (χ2n) is 1.25. The average Bonchev–Trinajstić information content (AvgIpc) is 1.89. The lowest BCUT2D eigenvalue weighted by Gasteiger charge is -1.93. The molecule has 0 bridgehead atoms. The molecule has 9 heavy (non-hydrogen) atoms. The Kier molecular flexibility index (Phi) is 4.56. The fourth-order valence-corrected chi connectivity index (χ4v) is 0.234. The number of hydrogen-bond acceptors (Lipinski definition) is 3.